The lowest BCUT2D eigenvalue weighted by molar-refractivity contribution is -0.122. The fourth-order valence-corrected chi connectivity index (χ4v) is 4.50. The van der Waals surface area contributed by atoms with Gasteiger partial charge in [-0.25, -0.2) is 4.79 Å². The molecule has 1 aliphatic carbocycles. The molecule has 3 rings (SSSR count). The molecule has 0 bridgehead atoms. The van der Waals surface area contributed by atoms with E-state index >= 15 is 0 Å². The summed E-state index contributed by atoms with van der Waals surface area (Å²) >= 11 is 6.51. The van der Waals surface area contributed by atoms with Gasteiger partial charge in [0.05, 0.1) is 18.6 Å². The van der Waals surface area contributed by atoms with Gasteiger partial charge in [0.2, 0.25) is 5.91 Å². The number of esters is 1. The van der Waals surface area contributed by atoms with E-state index in [0.29, 0.717) is 28.6 Å². The van der Waals surface area contributed by atoms with E-state index in [1.54, 1.807) is 25.1 Å². The molecule has 0 radical (unpaired) electrons. The minimum absolute atomic E-state index is 0.0997. The smallest absolute Gasteiger partial charge is 0.341 e. The average molecular weight is 444 g/mol. The molecule has 0 unspecified atom stereocenters. The van der Waals surface area contributed by atoms with E-state index in [1.165, 1.54) is 0 Å². The Bertz CT molecular complexity index is 921. The summed E-state index contributed by atoms with van der Waals surface area (Å²) in [5, 5.41) is 3.64. The van der Waals surface area contributed by atoms with Crippen LogP contribution in [0.15, 0.2) is 42.5 Å². The minimum Gasteiger partial charge on any atom is -0.493 e. The van der Waals surface area contributed by atoms with Crippen LogP contribution in [0.2, 0.25) is 5.02 Å². The number of halogens is 1. The van der Waals surface area contributed by atoms with Gasteiger partial charge in [0.25, 0.3) is 0 Å². The summed E-state index contributed by atoms with van der Waals surface area (Å²) < 4.78 is 10.9. The molecule has 31 heavy (non-hydrogen) atoms. The highest BCUT2D eigenvalue weighted by atomic mass is 35.5. The number of nitrogens with one attached hydrogen (secondary N) is 1. The van der Waals surface area contributed by atoms with E-state index in [0.717, 1.165) is 44.1 Å². The molecule has 0 spiro atoms. The van der Waals surface area contributed by atoms with Gasteiger partial charge < -0.3 is 14.8 Å². The number of hydrogen-bond acceptors (Lipinski definition) is 4. The standard InChI is InChI=1S/C25H30ClNO4/c1-3-16-31-22-13-12-18(17-19(22)23(28)30-4-2)27-24(29)25(14-8-5-9-15-25)20-10-6-7-11-21(20)26/h6-7,10-13,17H,3-5,8-9,14-16H2,1-2H3,(H,27,29). The molecule has 0 heterocycles. The van der Waals surface area contributed by atoms with Crippen LogP contribution in [-0.2, 0) is 14.9 Å². The molecule has 1 fully saturated rings. The first-order chi connectivity index (χ1) is 15.0. The highest BCUT2D eigenvalue weighted by molar-refractivity contribution is 6.31. The van der Waals surface area contributed by atoms with Crippen molar-refractivity contribution in [1.29, 1.82) is 0 Å². The summed E-state index contributed by atoms with van der Waals surface area (Å²) in [5.41, 5.74) is 1.03. The molecule has 0 saturated heterocycles. The van der Waals surface area contributed by atoms with Crippen molar-refractivity contribution in [3.63, 3.8) is 0 Å². The van der Waals surface area contributed by atoms with Crippen molar-refractivity contribution >= 4 is 29.2 Å². The Hall–Kier alpha value is -2.53. The summed E-state index contributed by atoms with van der Waals surface area (Å²) in [7, 11) is 0. The molecule has 0 atom stereocenters. The zero-order valence-corrected chi connectivity index (χ0v) is 19.0. The Morgan fingerprint density at radius 3 is 2.48 bits per heavy atom. The zero-order valence-electron chi connectivity index (χ0n) is 18.2. The van der Waals surface area contributed by atoms with Crippen molar-refractivity contribution < 1.29 is 19.1 Å². The molecule has 1 N–H and O–H groups in total. The number of benzene rings is 2. The van der Waals surface area contributed by atoms with Crippen LogP contribution in [0.3, 0.4) is 0 Å². The van der Waals surface area contributed by atoms with E-state index in [4.69, 9.17) is 21.1 Å². The second-order valence-corrected chi connectivity index (χ2v) is 8.26. The monoisotopic (exact) mass is 443 g/mol. The summed E-state index contributed by atoms with van der Waals surface area (Å²) in [6.45, 7) is 4.51. The van der Waals surface area contributed by atoms with Gasteiger partial charge in [-0.2, -0.15) is 0 Å². The van der Waals surface area contributed by atoms with Crippen molar-refractivity contribution in [2.45, 2.75) is 57.8 Å². The van der Waals surface area contributed by atoms with Gasteiger partial charge in [-0.05, 0) is 56.0 Å². The van der Waals surface area contributed by atoms with Crippen LogP contribution in [-0.4, -0.2) is 25.1 Å². The normalized spacial score (nSPS) is 15.2. The lowest BCUT2D eigenvalue weighted by Gasteiger charge is -2.37. The zero-order chi connectivity index (χ0) is 22.3. The molecular formula is C25H30ClNO4. The quantitative estimate of drug-likeness (QED) is 0.497. The van der Waals surface area contributed by atoms with Crippen molar-refractivity contribution in [1.82, 2.24) is 0 Å². The average Bonchev–Trinajstić information content (AvgIpc) is 2.79. The molecule has 2 aromatic carbocycles. The number of amides is 1. The van der Waals surface area contributed by atoms with Crippen molar-refractivity contribution in [3.05, 3.63) is 58.6 Å². The van der Waals surface area contributed by atoms with Gasteiger partial charge in [0.1, 0.15) is 11.3 Å². The second-order valence-electron chi connectivity index (χ2n) is 7.86. The molecule has 2 aromatic rings. The first-order valence-electron chi connectivity index (χ1n) is 11.0. The number of hydrogen-bond donors (Lipinski definition) is 1. The van der Waals surface area contributed by atoms with Crippen LogP contribution >= 0.6 is 11.6 Å². The van der Waals surface area contributed by atoms with E-state index < -0.39 is 11.4 Å². The highest BCUT2D eigenvalue weighted by Crippen LogP contribution is 2.43. The van der Waals surface area contributed by atoms with Crippen LogP contribution in [0.25, 0.3) is 0 Å². The first-order valence-corrected chi connectivity index (χ1v) is 11.4. The fourth-order valence-electron chi connectivity index (χ4n) is 4.19. The van der Waals surface area contributed by atoms with E-state index in [9.17, 15) is 9.59 Å². The lowest BCUT2D eigenvalue weighted by atomic mass is 9.68. The van der Waals surface area contributed by atoms with E-state index in [-0.39, 0.29) is 12.5 Å². The number of anilines is 1. The highest BCUT2D eigenvalue weighted by Gasteiger charge is 2.42. The van der Waals surface area contributed by atoms with Crippen LogP contribution in [0.4, 0.5) is 5.69 Å². The van der Waals surface area contributed by atoms with Gasteiger partial charge in [-0.3, -0.25) is 4.79 Å². The first kappa shape index (κ1) is 23.1. The van der Waals surface area contributed by atoms with Crippen LogP contribution < -0.4 is 10.1 Å². The van der Waals surface area contributed by atoms with E-state index in [2.05, 4.69) is 5.32 Å². The summed E-state index contributed by atoms with van der Waals surface area (Å²) in [6.07, 6.45) is 5.35. The molecular weight excluding hydrogens is 414 g/mol. The molecule has 0 aromatic heterocycles. The van der Waals surface area contributed by atoms with Crippen LogP contribution in [0.1, 0.15) is 68.3 Å². The van der Waals surface area contributed by atoms with Gasteiger partial charge in [0, 0.05) is 10.7 Å². The Balaban J connectivity index is 1.92. The molecule has 1 aliphatic rings. The third-order valence-corrected chi connectivity index (χ3v) is 6.06. The summed E-state index contributed by atoms with van der Waals surface area (Å²) in [4.78, 5) is 26.1. The van der Waals surface area contributed by atoms with Gasteiger partial charge in [-0.15, -0.1) is 0 Å². The predicted molar refractivity (Wildman–Crippen MR) is 123 cm³/mol. The molecule has 6 heteroatoms. The number of carbonyl (C=O) groups excluding carboxylic acids is 2. The largest absolute Gasteiger partial charge is 0.493 e. The minimum atomic E-state index is -0.682. The van der Waals surface area contributed by atoms with Crippen molar-refractivity contribution in [2.75, 3.05) is 18.5 Å². The molecule has 166 valence electrons. The molecule has 1 amide bonds. The lowest BCUT2D eigenvalue weighted by Crippen LogP contribution is -2.42. The SMILES string of the molecule is CCCOc1ccc(NC(=O)C2(c3ccccc3Cl)CCCCC2)cc1C(=O)OCC. The van der Waals surface area contributed by atoms with Crippen LogP contribution in [0, 0.1) is 0 Å². The number of rotatable bonds is 8. The number of carbonyl (C=O) groups is 2. The van der Waals surface area contributed by atoms with Crippen molar-refractivity contribution in [3.8, 4) is 5.75 Å². The van der Waals surface area contributed by atoms with E-state index in [1.807, 2.05) is 31.2 Å². The third kappa shape index (κ3) is 5.21. The van der Waals surface area contributed by atoms with Gasteiger partial charge >= 0.3 is 5.97 Å². The third-order valence-electron chi connectivity index (χ3n) is 5.73. The second kappa shape index (κ2) is 10.7. The fraction of sp³-hybridized carbons (Fsp3) is 0.440. The Labute approximate surface area is 189 Å². The number of ether oxygens (including phenoxy) is 2. The maximum absolute atomic E-state index is 13.6. The summed E-state index contributed by atoms with van der Waals surface area (Å²) in [5.74, 6) is -0.114. The maximum Gasteiger partial charge on any atom is 0.341 e. The van der Waals surface area contributed by atoms with Gasteiger partial charge in [-0.1, -0.05) is 56.0 Å². The van der Waals surface area contributed by atoms with Crippen LogP contribution in [0.5, 0.6) is 5.75 Å². The van der Waals surface area contributed by atoms with Gasteiger partial charge in [0.15, 0.2) is 0 Å². The Morgan fingerprint density at radius 2 is 1.81 bits per heavy atom. The molecule has 5 nitrogen and oxygen atoms in total. The maximum atomic E-state index is 13.6. The Kier molecular flexibility index (Phi) is 7.97. The summed E-state index contributed by atoms with van der Waals surface area (Å²) in [6, 6.07) is 12.7. The molecule has 0 aliphatic heterocycles. The molecule has 1 saturated carbocycles. The predicted octanol–water partition coefficient (Wildman–Crippen LogP) is 6.15. The van der Waals surface area contributed by atoms with Crippen molar-refractivity contribution in [2.24, 2.45) is 0 Å². The topological polar surface area (TPSA) is 64.6 Å². The Morgan fingerprint density at radius 1 is 1.06 bits per heavy atom.